The van der Waals surface area contributed by atoms with E-state index in [0.29, 0.717) is 19.7 Å². The minimum Gasteiger partial charge on any atom is -0.508 e. The van der Waals surface area contributed by atoms with Crippen LogP contribution in [0.25, 0.3) is 11.1 Å². The van der Waals surface area contributed by atoms with Crippen LogP contribution in [-0.4, -0.2) is 80.5 Å². The number of halogens is 5. The Morgan fingerprint density at radius 1 is 0.826 bits per heavy atom. The van der Waals surface area contributed by atoms with Gasteiger partial charge in [-0.25, -0.2) is 8.42 Å². The number of methoxy groups -OCH3 is 1. The summed E-state index contributed by atoms with van der Waals surface area (Å²) >= 11 is 0. The third-order valence-corrected chi connectivity index (χ3v) is 10.2. The first-order chi connectivity index (χ1) is 21.7. The second-order valence-electron chi connectivity index (χ2n) is 12.0. The van der Waals surface area contributed by atoms with Gasteiger partial charge in [0.2, 0.25) is 0 Å². The molecule has 0 fully saturated rings. The van der Waals surface area contributed by atoms with Crippen LogP contribution in [0.4, 0.5) is 22.0 Å². The number of fused-ring (bicyclic) bond motifs is 1. The number of unbranched alkanes of at least 4 members (excludes halogenated alkanes) is 3. The Morgan fingerprint density at radius 3 is 2.24 bits per heavy atom. The summed E-state index contributed by atoms with van der Waals surface area (Å²) in [6.07, 6.45) is -0.441. The summed E-state index contributed by atoms with van der Waals surface area (Å²) in [6, 6.07) is 12.9. The molecule has 0 bridgehead atoms. The van der Waals surface area contributed by atoms with E-state index in [1.807, 2.05) is 24.3 Å². The number of phenolic OH excluding ortho intramolecular Hbond substituents is 2. The summed E-state index contributed by atoms with van der Waals surface area (Å²) in [5.74, 6) is -5.40. The highest BCUT2D eigenvalue weighted by molar-refractivity contribution is 7.91. The fourth-order valence-corrected chi connectivity index (χ4v) is 7.32. The maximum Gasteiger partial charge on any atom is 0.453 e. The summed E-state index contributed by atoms with van der Waals surface area (Å²) in [4.78, 5) is 2.09. The van der Waals surface area contributed by atoms with Crippen LogP contribution >= 0.6 is 0 Å². The van der Waals surface area contributed by atoms with Crippen molar-refractivity contribution in [1.29, 1.82) is 0 Å². The lowest BCUT2D eigenvalue weighted by molar-refractivity contribution is -0.284. The first-order valence-corrected chi connectivity index (χ1v) is 17.7. The van der Waals surface area contributed by atoms with Gasteiger partial charge >= 0.3 is 12.1 Å². The van der Waals surface area contributed by atoms with Crippen molar-refractivity contribution in [3.05, 3.63) is 59.2 Å². The van der Waals surface area contributed by atoms with Gasteiger partial charge < -0.3 is 19.8 Å². The average molecular weight is 676 g/mol. The fraction of sp³-hybridized carbons (Fsp3) is 0.588. The minimum absolute atomic E-state index is 0.223. The second kappa shape index (κ2) is 17.5. The Bertz CT molecular complexity index is 1390. The summed E-state index contributed by atoms with van der Waals surface area (Å²) in [5, 5.41) is 20.2. The van der Waals surface area contributed by atoms with Gasteiger partial charge in [-0.05, 0) is 117 Å². The van der Waals surface area contributed by atoms with Crippen molar-refractivity contribution in [3.8, 4) is 11.5 Å². The van der Waals surface area contributed by atoms with Gasteiger partial charge in [0.05, 0.1) is 18.1 Å². The van der Waals surface area contributed by atoms with Gasteiger partial charge in [-0.2, -0.15) is 22.0 Å². The molecule has 6 nitrogen and oxygen atoms in total. The number of aromatic hydroxyl groups is 2. The molecule has 0 saturated carbocycles. The van der Waals surface area contributed by atoms with E-state index in [0.717, 1.165) is 74.6 Å². The van der Waals surface area contributed by atoms with Crippen molar-refractivity contribution in [1.82, 2.24) is 4.90 Å². The third kappa shape index (κ3) is 11.8. The van der Waals surface area contributed by atoms with E-state index in [4.69, 9.17) is 4.74 Å². The molecule has 2 N–H and O–H groups in total. The molecule has 1 aliphatic carbocycles. The predicted molar refractivity (Wildman–Crippen MR) is 171 cm³/mol. The molecular weight excluding hydrogens is 629 g/mol. The lowest BCUT2D eigenvalue weighted by Gasteiger charge is -2.22. The van der Waals surface area contributed by atoms with E-state index in [-0.39, 0.29) is 23.7 Å². The van der Waals surface area contributed by atoms with Crippen LogP contribution in [0.5, 0.6) is 11.5 Å². The zero-order chi connectivity index (χ0) is 33.8. The molecule has 0 heterocycles. The Kier molecular flexibility index (Phi) is 14.3. The number of ether oxygens (including phenoxy) is 1. The molecule has 0 spiro atoms. The SMILES string of the molecule is COCCN(CCCCCCC1=C(c2cccc(O)c2)CCCc2cc(O)ccc21)CCCS(=O)(=O)CCCC(F)(F)C(F)(F)F. The molecule has 1 aliphatic rings. The molecule has 0 aromatic heterocycles. The average Bonchev–Trinajstić information content (AvgIpc) is 3.15. The normalized spacial score (nSPS) is 14.5. The van der Waals surface area contributed by atoms with Gasteiger partial charge in [0.15, 0.2) is 0 Å². The number of aryl methyl sites for hydroxylation is 1. The summed E-state index contributed by atoms with van der Waals surface area (Å²) in [6.45, 7) is 2.23. The molecular formula is C34H46F5NO5S. The van der Waals surface area contributed by atoms with Gasteiger partial charge in [-0.15, -0.1) is 0 Å². The summed E-state index contributed by atoms with van der Waals surface area (Å²) in [7, 11) is -2.18. The molecule has 0 radical (unpaired) electrons. The lowest BCUT2D eigenvalue weighted by Crippen LogP contribution is -2.36. The van der Waals surface area contributed by atoms with Crippen LogP contribution in [0.2, 0.25) is 0 Å². The van der Waals surface area contributed by atoms with E-state index < -0.39 is 40.5 Å². The molecule has 0 unspecified atom stereocenters. The number of alkyl halides is 5. The van der Waals surface area contributed by atoms with Crippen molar-refractivity contribution in [2.24, 2.45) is 0 Å². The molecule has 2 aromatic rings. The summed E-state index contributed by atoms with van der Waals surface area (Å²) in [5.41, 5.74) is 5.73. The van der Waals surface area contributed by atoms with E-state index in [2.05, 4.69) is 4.90 Å². The Balaban J connectivity index is 1.50. The molecule has 258 valence electrons. The number of hydrogen-bond donors (Lipinski definition) is 2. The van der Waals surface area contributed by atoms with E-state index >= 15 is 0 Å². The van der Waals surface area contributed by atoms with E-state index in [9.17, 15) is 40.6 Å². The molecule has 0 aliphatic heterocycles. The maximum absolute atomic E-state index is 13.1. The molecule has 0 atom stereocenters. The van der Waals surface area contributed by atoms with Crippen molar-refractivity contribution >= 4 is 21.0 Å². The maximum atomic E-state index is 13.1. The Labute approximate surface area is 269 Å². The van der Waals surface area contributed by atoms with Crippen molar-refractivity contribution in [3.63, 3.8) is 0 Å². The monoisotopic (exact) mass is 675 g/mol. The number of nitrogens with zero attached hydrogens (tertiary/aromatic N) is 1. The number of benzene rings is 2. The number of rotatable bonds is 19. The van der Waals surface area contributed by atoms with E-state index in [1.165, 1.54) is 11.1 Å². The van der Waals surface area contributed by atoms with Gasteiger partial charge in [-0.3, -0.25) is 0 Å². The number of hydrogen-bond acceptors (Lipinski definition) is 6. The first kappa shape index (κ1) is 37.8. The first-order valence-electron chi connectivity index (χ1n) is 15.9. The van der Waals surface area contributed by atoms with Crippen LogP contribution in [0.3, 0.4) is 0 Å². The topological polar surface area (TPSA) is 87.1 Å². The number of sulfone groups is 1. The molecule has 0 saturated heterocycles. The highest BCUT2D eigenvalue weighted by atomic mass is 32.2. The van der Waals surface area contributed by atoms with Crippen molar-refractivity contribution < 1.29 is 45.3 Å². The fourth-order valence-electron chi connectivity index (χ4n) is 5.96. The van der Waals surface area contributed by atoms with Gasteiger partial charge in [-0.1, -0.05) is 31.0 Å². The molecule has 3 rings (SSSR count). The minimum atomic E-state index is -5.68. The molecule has 12 heteroatoms. The van der Waals surface area contributed by atoms with Crippen LogP contribution < -0.4 is 0 Å². The van der Waals surface area contributed by atoms with Gasteiger partial charge in [0.1, 0.15) is 21.3 Å². The lowest BCUT2D eigenvalue weighted by atomic mass is 9.89. The highest BCUT2D eigenvalue weighted by Crippen LogP contribution is 2.41. The Hall–Kier alpha value is -2.70. The van der Waals surface area contributed by atoms with Crippen molar-refractivity contribution in [2.75, 3.05) is 44.9 Å². The largest absolute Gasteiger partial charge is 0.508 e. The quantitative estimate of drug-likeness (QED) is 0.116. The molecule has 46 heavy (non-hydrogen) atoms. The van der Waals surface area contributed by atoms with Crippen LogP contribution in [-0.2, 0) is 21.0 Å². The predicted octanol–water partition coefficient (Wildman–Crippen LogP) is 8.03. The number of phenols is 2. The zero-order valence-corrected chi connectivity index (χ0v) is 27.2. The second-order valence-corrected chi connectivity index (χ2v) is 14.3. The third-order valence-electron chi connectivity index (χ3n) is 8.40. The summed E-state index contributed by atoms with van der Waals surface area (Å²) < 4.78 is 93.0. The van der Waals surface area contributed by atoms with Crippen LogP contribution in [0, 0.1) is 0 Å². The standard InChI is InChI=1S/C34H46F5NO5S/c1-45-21-20-40(19-9-23-46(43,44)22-8-17-33(35,36)34(37,38)39)18-5-3-2-4-13-32-30(26-10-6-12-28(41)24-26)14-7-11-27-25-29(42)15-16-31(27)32/h6,10,12,15-16,24-25,41-42H,2-5,7-9,11,13-14,17-23H2,1H3. The van der Waals surface area contributed by atoms with Gasteiger partial charge in [0, 0.05) is 20.1 Å². The molecule has 2 aromatic carbocycles. The van der Waals surface area contributed by atoms with Crippen LogP contribution in [0.1, 0.15) is 80.9 Å². The molecule has 0 amide bonds. The van der Waals surface area contributed by atoms with Gasteiger partial charge in [0.25, 0.3) is 0 Å². The highest BCUT2D eigenvalue weighted by Gasteiger charge is 2.56. The Morgan fingerprint density at radius 2 is 1.52 bits per heavy atom. The number of allylic oxidation sites excluding steroid dienone is 2. The van der Waals surface area contributed by atoms with Crippen LogP contribution in [0.15, 0.2) is 42.5 Å². The smallest absolute Gasteiger partial charge is 0.453 e. The van der Waals surface area contributed by atoms with Crippen molar-refractivity contribution in [2.45, 2.75) is 82.7 Å². The zero-order valence-electron chi connectivity index (χ0n) is 26.4. The van der Waals surface area contributed by atoms with E-state index in [1.54, 1.807) is 25.3 Å².